The van der Waals surface area contributed by atoms with Crippen molar-refractivity contribution in [2.24, 2.45) is 5.92 Å². The SMILES string of the molecule is O=C(Nc1ccc2c(-c3cccnc3OCC(F)(F)F)c[nH]c2n1)[C@@H]1C[C@@H]1F. The molecule has 10 heteroatoms. The first-order valence-electron chi connectivity index (χ1n) is 8.40. The first-order chi connectivity index (χ1) is 13.3. The largest absolute Gasteiger partial charge is 0.468 e. The monoisotopic (exact) mass is 394 g/mol. The second kappa shape index (κ2) is 6.77. The van der Waals surface area contributed by atoms with Crippen LogP contribution in [0.1, 0.15) is 6.42 Å². The number of hydrogen-bond donors (Lipinski definition) is 2. The van der Waals surface area contributed by atoms with Gasteiger partial charge in [0, 0.05) is 28.9 Å². The summed E-state index contributed by atoms with van der Waals surface area (Å²) in [6, 6.07) is 6.37. The smallest absolute Gasteiger partial charge is 0.422 e. The number of fused-ring (bicyclic) bond motifs is 1. The molecule has 146 valence electrons. The van der Waals surface area contributed by atoms with Gasteiger partial charge < -0.3 is 15.0 Å². The minimum Gasteiger partial charge on any atom is -0.468 e. The Morgan fingerprint density at radius 1 is 1.29 bits per heavy atom. The summed E-state index contributed by atoms with van der Waals surface area (Å²) in [6.45, 7) is -1.45. The molecule has 3 aromatic rings. The van der Waals surface area contributed by atoms with E-state index in [2.05, 4.69) is 20.3 Å². The summed E-state index contributed by atoms with van der Waals surface area (Å²) in [5.74, 6) is -0.966. The fourth-order valence-electron chi connectivity index (χ4n) is 2.81. The van der Waals surface area contributed by atoms with Gasteiger partial charge in [-0.3, -0.25) is 4.79 Å². The number of rotatable bonds is 5. The maximum absolute atomic E-state index is 13.0. The third-order valence-corrected chi connectivity index (χ3v) is 4.27. The molecule has 1 saturated carbocycles. The van der Waals surface area contributed by atoms with Gasteiger partial charge in [-0.15, -0.1) is 0 Å². The molecule has 0 aliphatic heterocycles. The number of aromatic amines is 1. The number of carbonyl (C=O) groups is 1. The standard InChI is InChI=1S/C18H14F4N4O2/c19-13-6-11(13)16(27)26-14-4-3-9-12(7-24-15(9)25-14)10-2-1-5-23-17(10)28-8-18(20,21)22/h1-5,7,11,13H,6,8H2,(H2,24,25,26,27)/t11-,13+/m1/s1. The van der Waals surface area contributed by atoms with E-state index in [0.29, 0.717) is 22.2 Å². The van der Waals surface area contributed by atoms with Gasteiger partial charge in [-0.05, 0) is 30.7 Å². The molecule has 0 radical (unpaired) electrons. The topological polar surface area (TPSA) is 79.9 Å². The Kier molecular flexibility index (Phi) is 4.40. The molecule has 1 amide bonds. The number of ether oxygens (including phenoxy) is 1. The fraction of sp³-hybridized carbons (Fsp3) is 0.278. The number of halogens is 4. The molecule has 3 heterocycles. The molecule has 0 unspecified atom stereocenters. The van der Waals surface area contributed by atoms with Crippen molar-refractivity contribution in [3.8, 4) is 17.0 Å². The van der Waals surface area contributed by atoms with E-state index >= 15 is 0 Å². The van der Waals surface area contributed by atoms with Crippen LogP contribution in [0.4, 0.5) is 23.4 Å². The summed E-state index contributed by atoms with van der Waals surface area (Å²) in [7, 11) is 0. The van der Waals surface area contributed by atoms with Gasteiger partial charge in [-0.2, -0.15) is 13.2 Å². The lowest BCUT2D eigenvalue weighted by atomic mass is 10.1. The van der Waals surface area contributed by atoms with Gasteiger partial charge >= 0.3 is 6.18 Å². The van der Waals surface area contributed by atoms with Gasteiger partial charge in [-0.1, -0.05) is 0 Å². The number of hydrogen-bond acceptors (Lipinski definition) is 4. The molecule has 4 rings (SSSR count). The summed E-state index contributed by atoms with van der Waals surface area (Å²) >= 11 is 0. The van der Waals surface area contributed by atoms with Crippen molar-refractivity contribution in [1.29, 1.82) is 0 Å². The number of amides is 1. The highest BCUT2D eigenvalue weighted by Crippen LogP contribution is 2.36. The molecule has 1 fully saturated rings. The molecule has 6 nitrogen and oxygen atoms in total. The number of alkyl halides is 4. The van der Waals surface area contributed by atoms with Crippen molar-refractivity contribution in [2.45, 2.75) is 18.8 Å². The number of nitrogens with zero attached hydrogens (tertiary/aromatic N) is 2. The maximum atomic E-state index is 13.0. The summed E-state index contributed by atoms with van der Waals surface area (Å²) in [4.78, 5) is 22.9. The van der Waals surface area contributed by atoms with Crippen molar-refractivity contribution >= 4 is 22.8 Å². The normalized spacial score (nSPS) is 18.9. The first-order valence-corrected chi connectivity index (χ1v) is 8.40. The van der Waals surface area contributed by atoms with Gasteiger partial charge in [0.2, 0.25) is 11.8 Å². The van der Waals surface area contributed by atoms with Crippen LogP contribution < -0.4 is 10.1 Å². The van der Waals surface area contributed by atoms with E-state index in [1.54, 1.807) is 30.5 Å². The highest BCUT2D eigenvalue weighted by Gasteiger charge is 2.43. The summed E-state index contributed by atoms with van der Waals surface area (Å²) in [6.07, 6.45) is -2.47. The molecule has 2 N–H and O–H groups in total. The zero-order valence-corrected chi connectivity index (χ0v) is 14.3. The van der Waals surface area contributed by atoms with E-state index in [0.717, 1.165) is 0 Å². The van der Waals surface area contributed by atoms with Crippen molar-refractivity contribution < 1.29 is 27.1 Å². The van der Waals surface area contributed by atoms with Crippen LogP contribution in [-0.4, -0.2) is 39.8 Å². The Morgan fingerprint density at radius 2 is 2.07 bits per heavy atom. The molecular weight excluding hydrogens is 380 g/mol. The molecule has 1 aliphatic rings. The van der Waals surface area contributed by atoms with Gasteiger partial charge in [-0.25, -0.2) is 14.4 Å². The van der Waals surface area contributed by atoms with E-state index in [-0.39, 0.29) is 18.1 Å². The highest BCUT2D eigenvalue weighted by atomic mass is 19.4. The molecule has 28 heavy (non-hydrogen) atoms. The maximum Gasteiger partial charge on any atom is 0.422 e. The van der Waals surface area contributed by atoms with E-state index in [1.807, 2.05) is 0 Å². The molecule has 0 aromatic carbocycles. The minimum atomic E-state index is -4.48. The molecule has 0 bridgehead atoms. The summed E-state index contributed by atoms with van der Waals surface area (Å²) in [5, 5.41) is 3.16. The lowest BCUT2D eigenvalue weighted by Gasteiger charge is -2.11. The Morgan fingerprint density at radius 3 is 2.79 bits per heavy atom. The zero-order chi connectivity index (χ0) is 19.9. The predicted molar refractivity (Wildman–Crippen MR) is 92.5 cm³/mol. The third kappa shape index (κ3) is 3.75. The Balaban J connectivity index is 1.61. The Hall–Kier alpha value is -3.17. The molecule has 0 saturated heterocycles. The van der Waals surface area contributed by atoms with Crippen molar-refractivity contribution in [2.75, 3.05) is 11.9 Å². The van der Waals surface area contributed by atoms with Gasteiger partial charge in [0.05, 0.1) is 5.92 Å². The molecule has 2 atom stereocenters. The van der Waals surface area contributed by atoms with Crippen LogP contribution in [0.2, 0.25) is 0 Å². The van der Waals surface area contributed by atoms with Crippen LogP contribution in [0.5, 0.6) is 5.88 Å². The number of H-pyrrole nitrogens is 1. The van der Waals surface area contributed by atoms with Crippen LogP contribution >= 0.6 is 0 Å². The van der Waals surface area contributed by atoms with E-state index in [9.17, 15) is 22.4 Å². The van der Waals surface area contributed by atoms with Crippen molar-refractivity contribution in [3.63, 3.8) is 0 Å². The first kappa shape index (κ1) is 18.2. The summed E-state index contributed by atoms with van der Waals surface area (Å²) in [5.41, 5.74) is 1.33. The van der Waals surface area contributed by atoms with Crippen LogP contribution in [0.15, 0.2) is 36.7 Å². The molecule has 3 aromatic heterocycles. The van der Waals surface area contributed by atoms with Gasteiger partial charge in [0.1, 0.15) is 17.6 Å². The zero-order valence-electron chi connectivity index (χ0n) is 14.3. The Bertz CT molecular complexity index is 1030. The lowest BCUT2D eigenvalue weighted by Crippen LogP contribution is -2.19. The van der Waals surface area contributed by atoms with E-state index in [4.69, 9.17) is 4.74 Å². The second-order valence-electron chi connectivity index (χ2n) is 6.40. The number of nitrogens with one attached hydrogen (secondary N) is 2. The molecule has 1 aliphatic carbocycles. The number of anilines is 1. The lowest BCUT2D eigenvalue weighted by molar-refractivity contribution is -0.154. The third-order valence-electron chi connectivity index (χ3n) is 4.27. The second-order valence-corrected chi connectivity index (χ2v) is 6.40. The van der Waals surface area contributed by atoms with Gasteiger partial charge in [0.15, 0.2) is 6.61 Å². The molecule has 0 spiro atoms. The van der Waals surface area contributed by atoms with Crippen LogP contribution in [0.3, 0.4) is 0 Å². The average molecular weight is 394 g/mol. The van der Waals surface area contributed by atoms with Crippen molar-refractivity contribution in [1.82, 2.24) is 15.0 Å². The predicted octanol–water partition coefficient (Wildman–Crippen LogP) is 3.86. The van der Waals surface area contributed by atoms with Crippen molar-refractivity contribution in [3.05, 3.63) is 36.7 Å². The van der Waals surface area contributed by atoms with Crippen LogP contribution in [-0.2, 0) is 4.79 Å². The number of carbonyl (C=O) groups excluding carboxylic acids is 1. The molecular formula is C18H14F4N4O2. The Labute approximate surface area is 155 Å². The van der Waals surface area contributed by atoms with Crippen LogP contribution in [0.25, 0.3) is 22.2 Å². The van der Waals surface area contributed by atoms with E-state index in [1.165, 1.54) is 6.20 Å². The quantitative estimate of drug-likeness (QED) is 0.644. The average Bonchev–Trinajstić information content (AvgIpc) is 3.24. The summed E-state index contributed by atoms with van der Waals surface area (Å²) < 4.78 is 55.2. The number of pyridine rings is 2. The highest BCUT2D eigenvalue weighted by molar-refractivity contribution is 5.98. The number of aromatic nitrogens is 3. The van der Waals surface area contributed by atoms with E-state index < -0.39 is 30.8 Å². The van der Waals surface area contributed by atoms with Gasteiger partial charge in [0.25, 0.3) is 0 Å². The van der Waals surface area contributed by atoms with Crippen LogP contribution in [0, 0.1) is 5.92 Å². The fourth-order valence-corrected chi connectivity index (χ4v) is 2.81. The minimum absolute atomic E-state index is 0.152.